The smallest absolute Gasteiger partial charge is 0.407 e. The maximum absolute atomic E-state index is 12.9. The van der Waals surface area contributed by atoms with E-state index < -0.39 is 18.0 Å². The molecule has 0 bridgehead atoms. The fraction of sp³-hybridized carbons (Fsp3) is 0.464. The molecule has 0 radical (unpaired) electrons. The third-order valence-electron chi connectivity index (χ3n) is 8.01. The molecule has 2 aromatic rings. The van der Waals surface area contributed by atoms with Gasteiger partial charge in [-0.2, -0.15) is 0 Å². The Hall–Kier alpha value is -3.35. The lowest BCUT2D eigenvalue weighted by molar-refractivity contribution is -0.142. The first-order valence-electron chi connectivity index (χ1n) is 12.6. The van der Waals surface area contributed by atoms with E-state index in [1.807, 2.05) is 24.3 Å². The summed E-state index contributed by atoms with van der Waals surface area (Å²) in [6.45, 7) is 0.633. The summed E-state index contributed by atoms with van der Waals surface area (Å²) in [6.07, 6.45) is 4.19. The molecule has 2 unspecified atom stereocenters. The van der Waals surface area contributed by atoms with Crippen LogP contribution < -0.4 is 10.6 Å². The van der Waals surface area contributed by atoms with Crippen LogP contribution in [0.4, 0.5) is 4.79 Å². The largest absolute Gasteiger partial charge is 0.481 e. The minimum atomic E-state index is -0.840. The number of fused-ring (bicyclic) bond motifs is 3. The number of carboxylic acids is 1. The summed E-state index contributed by atoms with van der Waals surface area (Å²) in [5.74, 6) is -1.60. The first-order chi connectivity index (χ1) is 17.0. The molecule has 2 fully saturated rings. The van der Waals surface area contributed by atoms with Gasteiger partial charge in [-0.25, -0.2) is 4.79 Å². The molecule has 0 saturated heterocycles. The molecule has 3 aliphatic rings. The Morgan fingerprint density at radius 2 is 1.49 bits per heavy atom. The van der Waals surface area contributed by atoms with E-state index in [1.165, 1.54) is 22.3 Å². The van der Waals surface area contributed by atoms with Gasteiger partial charge in [0, 0.05) is 24.4 Å². The molecule has 5 rings (SSSR count). The van der Waals surface area contributed by atoms with Crippen LogP contribution in [0.1, 0.15) is 55.6 Å². The van der Waals surface area contributed by atoms with Crippen LogP contribution in [-0.2, 0) is 14.3 Å². The third kappa shape index (κ3) is 4.77. The molecule has 0 aromatic heterocycles. The molecule has 35 heavy (non-hydrogen) atoms. The van der Waals surface area contributed by atoms with Crippen LogP contribution in [0.5, 0.6) is 0 Å². The van der Waals surface area contributed by atoms with E-state index in [-0.39, 0.29) is 36.3 Å². The van der Waals surface area contributed by atoms with Crippen LogP contribution in [0.3, 0.4) is 0 Å². The Bertz CT molecular complexity index is 1070. The minimum absolute atomic E-state index is 0.00625. The van der Waals surface area contributed by atoms with E-state index in [0.29, 0.717) is 19.4 Å². The molecule has 4 atom stereocenters. The maximum Gasteiger partial charge on any atom is 0.407 e. The molecule has 2 saturated carbocycles. The van der Waals surface area contributed by atoms with Crippen molar-refractivity contribution in [3.05, 3.63) is 59.7 Å². The highest BCUT2D eigenvalue weighted by atomic mass is 16.5. The van der Waals surface area contributed by atoms with Crippen molar-refractivity contribution in [1.82, 2.24) is 10.6 Å². The number of hydrogen-bond donors (Lipinski definition) is 3. The first kappa shape index (κ1) is 23.4. The average molecular weight is 477 g/mol. The normalized spacial score (nSPS) is 25.0. The molecule has 2 amide bonds. The molecular formula is C28H32N2O5. The second-order valence-electron chi connectivity index (χ2n) is 9.99. The van der Waals surface area contributed by atoms with Crippen molar-refractivity contribution in [2.45, 2.75) is 50.5 Å². The zero-order valence-corrected chi connectivity index (χ0v) is 19.7. The van der Waals surface area contributed by atoms with E-state index in [4.69, 9.17) is 4.74 Å². The van der Waals surface area contributed by atoms with Gasteiger partial charge in [-0.3, -0.25) is 9.59 Å². The molecule has 2 aromatic carbocycles. The van der Waals surface area contributed by atoms with Crippen molar-refractivity contribution in [1.29, 1.82) is 0 Å². The van der Waals surface area contributed by atoms with Gasteiger partial charge in [-0.1, -0.05) is 61.4 Å². The Morgan fingerprint density at radius 1 is 0.857 bits per heavy atom. The summed E-state index contributed by atoms with van der Waals surface area (Å²) in [4.78, 5) is 36.9. The van der Waals surface area contributed by atoms with Gasteiger partial charge in [0.2, 0.25) is 5.91 Å². The third-order valence-corrected chi connectivity index (χ3v) is 8.01. The summed E-state index contributed by atoms with van der Waals surface area (Å²) in [7, 11) is 0. The summed E-state index contributed by atoms with van der Waals surface area (Å²) >= 11 is 0. The van der Waals surface area contributed by atoms with Gasteiger partial charge in [0.25, 0.3) is 0 Å². The first-order valence-corrected chi connectivity index (χ1v) is 12.6. The number of carbonyl (C=O) groups excluding carboxylic acids is 2. The van der Waals surface area contributed by atoms with Gasteiger partial charge in [0.15, 0.2) is 0 Å². The number of nitrogens with one attached hydrogen (secondary N) is 2. The van der Waals surface area contributed by atoms with Gasteiger partial charge in [0.05, 0.1) is 5.92 Å². The maximum atomic E-state index is 12.9. The molecule has 3 aliphatic carbocycles. The summed E-state index contributed by atoms with van der Waals surface area (Å²) in [5, 5.41) is 15.2. The lowest BCUT2D eigenvalue weighted by Gasteiger charge is -2.24. The van der Waals surface area contributed by atoms with E-state index in [9.17, 15) is 19.5 Å². The number of aliphatic carboxylic acids is 1. The lowest BCUT2D eigenvalue weighted by Crippen LogP contribution is -2.45. The number of carboxylic acid groups (broad SMARTS) is 1. The van der Waals surface area contributed by atoms with Gasteiger partial charge in [-0.15, -0.1) is 0 Å². The predicted octanol–water partition coefficient (Wildman–Crippen LogP) is 4.31. The number of amides is 2. The van der Waals surface area contributed by atoms with Crippen molar-refractivity contribution in [3.8, 4) is 11.1 Å². The van der Waals surface area contributed by atoms with Gasteiger partial charge in [-0.05, 0) is 53.9 Å². The highest BCUT2D eigenvalue weighted by molar-refractivity contribution is 5.81. The Kier molecular flexibility index (Phi) is 6.75. The predicted molar refractivity (Wildman–Crippen MR) is 131 cm³/mol. The molecule has 0 heterocycles. The monoisotopic (exact) mass is 476 g/mol. The Balaban J connectivity index is 1.14. The molecular weight excluding hydrogens is 444 g/mol. The minimum Gasteiger partial charge on any atom is -0.481 e. The molecule has 184 valence electrons. The molecule has 0 spiro atoms. The van der Waals surface area contributed by atoms with Crippen LogP contribution >= 0.6 is 0 Å². The number of rotatable bonds is 7. The average Bonchev–Trinajstić information content (AvgIpc) is 3.59. The van der Waals surface area contributed by atoms with Crippen LogP contribution in [0.15, 0.2) is 48.5 Å². The number of benzene rings is 2. The van der Waals surface area contributed by atoms with Crippen molar-refractivity contribution in [2.24, 2.45) is 17.8 Å². The molecule has 0 aliphatic heterocycles. The summed E-state index contributed by atoms with van der Waals surface area (Å²) in [6, 6.07) is 16.1. The number of hydrogen-bond acceptors (Lipinski definition) is 4. The Labute approximate surface area is 205 Å². The van der Waals surface area contributed by atoms with Crippen LogP contribution in [0, 0.1) is 17.8 Å². The molecule has 7 heteroatoms. The lowest BCUT2D eigenvalue weighted by atomic mass is 9.94. The molecule has 3 N–H and O–H groups in total. The SMILES string of the molecule is O=C(NCC1CCCC1C(=O)N[C@H]1CCC[C@H]1C(=O)O)OCC1c2ccccc2-c2ccccc21. The zero-order chi connectivity index (χ0) is 24.4. The van der Waals surface area contributed by atoms with Crippen molar-refractivity contribution < 1.29 is 24.2 Å². The van der Waals surface area contributed by atoms with Gasteiger partial charge >= 0.3 is 12.1 Å². The van der Waals surface area contributed by atoms with Crippen molar-refractivity contribution in [3.63, 3.8) is 0 Å². The second-order valence-corrected chi connectivity index (χ2v) is 9.99. The van der Waals surface area contributed by atoms with Gasteiger partial charge < -0.3 is 20.5 Å². The second kappa shape index (κ2) is 10.1. The van der Waals surface area contributed by atoms with E-state index in [2.05, 4.69) is 34.9 Å². The number of alkyl carbamates (subject to hydrolysis) is 1. The fourth-order valence-corrected chi connectivity index (χ4v) is 6.21. The van der Waals surface area contributed by atoms with E-state index in [0.717, 1.165) is 25.7 Å². The quantitative estimate of drug-likeness (QED) is 0.552. The van der Waals surface area contributed by atoms with Crippen molar-refractivity contribution >= 4 is 18.0 Å². The van der Waals surface area contributed by atoms with E-state index >= 15 is 0 Å². The van der Waals surface area contributed by atoms with Crippen molar-refractivity contribution in [2.75, 3.05) is 13.2 Å². The topological polar surface area (TPSA) is 105 Å². The van der Waals surface area contributed by atoms with Crippen LogP contribution in [-0.4, -0.2) is 42.3 Å². The number of ether oxygens (including phenoxy) is 1. The van der Waals surface area contributed by atoms with Crippen LogP contribution in [0.2, 0.25) is 0 Å². The zero-order valence-electron chi connectivity index (χ0n) is 19.7. The molecule has 7 nitrogen and oxygen atoms in total. The fourth-order valence-electron chi connectivity index (χ4n) is 6.21. The Morgan fingerprint density at radius 3 is 2.17 bits per heavy atom. The standard InChI is InChI=1S/C28H32N2O5/c31-26(30-25-14-6-13-23(25)27(32)33)18-12-5-7-17(18)15-29-28(34)35-16-24-21-10-3-1-8-19(21)20-9-2-4-11-22(20)24/h1-4,8-11,17-18,23-25H,5-7,12-16H2,(H,29,34)(H,30,31)(H,32,33)/t17?,18?,23-,25+/m1/s1. The highest BCUT2D eigenvalue weighted by Crippen LogP contribution is 2.44. The number of carbonyl (C=O) groups is 3. The van der Waals surface area contributed by atoms with Crippen LogP contribution in [0.25, 0.3) is 11.1 Å². The van der Waals surface area contributed by atoms with Gasteiger partial charge in [0.1, 0.15) is 6.61 Å². The highest BCUT2D eigenvalue weighted by Gasteiger charge is 2.38. The summed E-state index contributed by atoms with van der Waals surface area (Å²) < 4.78 is 5.63. The summed E-state index contributed by atoms with van der Waals surface area (Å²) in [5.41, 5.74) is 4.70. The van der Waals surface area contributed by atoms with E-state index in [1.54, 1.807) is 0 Å².